The van der Waals surface area contributed by atoms with E-state index in [-0.39, 0.29) is 6.04 Å². The van der Waals surface area contributed by atoms with E-state index in [1.54, 1.807) is 0 Å². The van der Waals surface area contributed by atoms with Crippen molar-refractivity contribution in [3.8, 4) is 0 Å². The van der Waals surface area contributed by atoms with Crippen LogP contribution in [-0.4, -0.2) is 6.54 Å². The van der Waals surface area contributed by atoms with E-state index < -0.39 is 11.6 Å². The Bertz CT molecular complexity index is 588. The SMILES string of the molecule is CCNC(c1cc(C)cc(C)c1)c1ccc(F)cc1F. The number of rotatable bonds is 4. The zero-order valence-electron chi connectivity index (χ0n) is 12.0. The summed E-state index contributed by atoms with van der Waals surface area (Å²) in [6, 6.07) is 9.61. The molecule has 0 aliphatic rings. The molecule has 0 saturated carbocycles. The van der Waals surface area contributed by atoms with Crippen LogP contribution in [0.1, 0.15) is 35.2 Å². The minimum Gasteiger partial charge on any atom is -0.306 e. The van der Waals surface area contributed by atoms with Gasteiger partial charge in [0.25, 0.3) is 0 Å². The Labute approximate surface area is 118 Å². The minimum absolute atomic E-state index is 0.265. The molecule has 2 aromatic carbocycles. The van der Waals surface area contributed by atoms with Crippen molar-refractivity contribution in [2.24, 2.45) is 0 Å². The van der Waals surface area contributed by atoms with E-state index in [4.69, 9.17) is 0 Å². The molecule has 0 aliphatic carbocycles. The van der Waals surface area contributed by atoms with Gasteiger partial charge in [0.2, 0.25) is 0 Å². The van der Waals surface area contributed by atoms with Crippen molar-refractivity contribution in [2.45, 2.75) is 26.8 Å². The van der Waals surface area contributed by atoms with Crippen LogP contribution in [0.25, 0.3) is 0 Å². The lowest BCUT2D eigenvalue weighted by Crippen LogP contribution is -2.23. The number of halogens is 2. The molecule has 2 aromatic rings. The monoisotopic (exact) mass is 275 g/mol. The first-order valence-corrected chi connectivity index (χ1v) is 6.77. The summed E-state index contributed by atoms with van der Waals surface area (Å²) in [7, 11) is 0. The van der Waals surface area contributed by atoms with Crippen molar-refractivity contribution in [1.82, 2.24) is 5.32 Å². The Morgan fingerprint density at radius 1 is 1.00 bits per heavy atom. The fourth-order valence-corrected chi connectivity index (χ4v) is 2.52. The van der Waals surface area contributed by atoms with Gasteiger partial charge in [-0.25, -0.2) is 8.78 Å². The Balaban J connectivity index is 2.49. The highest BCUT2D eigenvalue weighted by Crippen LogP contribution is 2.26. The second-order valence-electron chi connectivity index (χ2n) is 5.08. The van der Waals surface area contributed by atoms with E-state index in [0.29, 0.717) is 12.1 Å². The average Bonchev–Trinajstić information content (AvgIpc) is 2.35. The fraction of sp³-hybridized carbons (Fsp3) is 0.294. The summed E-state index contributed by atoms with van der Waals surface area (Å²) < 4.78 is 27.1. The molecule has 3 heteroatoms. The Kier molecular flexibility index (Phi) is 4.50. The molecule has 0 bridgehead atoms. The predicted molar refractivity (Wildman–Crippen MR) is 77.8 cm³/mol. The first-order chi connectivity index (χ1) is 9.51. The predicted octanol–water partition coefficient (Wildman–Crippen LogP) is 4.28. The van der Waals surface area contributed by atoms with Crippen LogP contribution < -0.4 is 5.32 Å². The summed E-state index contributed by atoms with van der Waals surface area (Å²) in [5.74, 6) is -1.07. The van der Waals surface area contributed by atoms with Gasteiger partial charge in [-0.1, -0.05) is 42.3 Å². The molecule has 0 aromatic heterocycles. The summed E-state index contributed by atoms with van der Waals surface area (Å²) in [6.45, 7) is 6.70. The average molecular weight is 275 g/mol. The van der Waals surface area contributed by atoms with Crippen LogP contribution >= 0.6 is 0 Å². The Morgan fingerprint density at radius 2 is 1.65 bits per heavy atom. The lowest BCUT2D eigenvalue weighted by molar-refractivity contribution is 0.541. The zero-order chi connectivity index (χ0) is 14.7. The second kappa shape index (κ2) is 6.14. The lowest BCUT2D eigenvalue weighted by Gasteiger charge is -2.20. The smallest absolute Gasteiger partial charge is 0.131 e. The molecule has 0 spiro atoms. The third kappa shape index (κ3) is 3.23. The van der Waals surface area contributed by atoms with Crippen LogP contribution in [0.5, 0.6) is 0 Å². The fourth-order valence-electron chi connectivity index (χ4n) is 2.52. The van der Waals surface area contributed by atoms with E-state index in [0.717, 1.165) is 22.8 Å². The first-order valence-electron chi connectivity index (χ1n) is 6.77. The number of aryl methyl sites for hydroxylation is 2. The van der Waals surface area contributed by atoms with E-state index in [1.807, 2.05) is 32.9 Å². The van der Waals surface area contributed by atoms with Gasteiger partial charge in [0.1, 0.15) is 11.6 Å². The molecule has 0 heterocycles. The third-order valence-electron chi connectivity index (χ3n) is 3.26. The Morgan fingerprint density at radius 3 is 2.20 bits per heavy atom. The molecule has 1 atom stereocenters. The van der Waals surface area contributed by atoms with Crippen molar-refractivity contribution >= 4 is 0 Å². The van der Waals surface area contributed by atoms with Gasteiger partial charge < -0.3 is 5.32 Å². The van der Waals surface area contributed by atoms with Gasteiger partial charge in [-0.05, 0) is 32.0 Å². The van der Waals surface area contributed by atoms with Gasteiger partial charge in [0, 0.05) is 11.6 Å². The normalized spacial score (nSPS) is 12.4. The molecule has 20 heavy (non-hydrogen) atoms. The summed E-state index contributed by atoms with van der Waals surface area (Å²) in [5, 5.41) is 3.27. The lowest BCUT2D eigenvalue weighted by atomic mass is 9.95. The van der Waals surface area contributed by atoms with Crippen LogP contribution in [0.15, 0.2) is 36.4 Å². The van der Waals surface area contributed by atoms with Crippen molar-refractivity contribution in [3.63, 3.8) is 0 Å². The molecule has 2 rings (SSSR count). The number of hydrogen-bond donors (Lipinski definition) is 1. The van der Waals surface area contributed by atoms with Crippen LogP contribution in [0.4, 0.5) is 8.78 Å². The van der Waals surface area contributed by atoms with Crippen LogP contribution in [0, 0.1) is 25.5 Å². The van der Waals surface area contributed by atoms with Crippen LogP contribution in [0.3, 0.4) is 0 Å². The molecule has 0 radical (unpaired) electrons. The quantitative estimate of drug-likeness (QED) is 0.878. The summed E-state index contributed by atoms with van der Waals surface area (Å²) in [4.78, 5) is 0. The summed E-state index contributed by atoms with van der Waals surface area (Å²) >= 11 is 0. The van der Waals surface area contributed by atoms with Crippen molar-refractivity contribution in [1.29, 1.82) is 0 Å². The maximum absolute atomic E-state index is 14.0. The van der Waals surface area contributed by atoms with Gasteiger partial charge in [-0.15, -0.1) is 0 Å². The molecular weight excluding hydrogens is 256 g/mol. The molecule has 1 N–H and O–H groups in total. The van der Waals surface area contributed by atoms with Crippen LogP contribution in [0.2, 0.25) is 0 Å². The van der Waals surface area contributed by atoms with Gasteiger partial charge in [0.05, 0.1) is 6.04 Å². The van der Waals surface area contributed by atoms with Gasteiger partial charge in [-0.3, -0.25) is 0 Å². The minimum atomic E-state index is -0.554. The highest BCUT2D eigenvalue weighted by Gasteiger charge is 2.18. The highest BCUT2D eigenvalue weighted by atomic mass is 19.1. The van der Waals surface area contributed by atoms with Gasteiger partial charge >= 0.3 is 0 Å². The van der Waals surface area contributed by atoms with Crippen molar-refractivity contribution in [2.75, 3.05) is 6.54 Å². The van der Waals surface area contributed by atoms with Crippen LogP contribution in [-0.2, 0) is 0 Å². The number of benzene rings is 2. The number of hydrogen-bond acceptors (Lipinski definition) is 1. The molecule has 1 nitrogen and oxygen atoms in total. The van der Waals surface area contributed by atoms with E-state index >= 15 is 0 Å². The van der Waals surface area contributed by atoms with E-state index in [9.17, 15) is 8.78 Å². The van der Waals surface area contributed by atoms with Crippen molar-refractivity contribution in [3.05, 3.63) is 70.3 Å². The molecule has 0 fully saturated rings. The molecule has 0 aliphatic heterocycles. The Hall–Kier alpha value is -1.74. The maximum Gasteiger partial charge on any atom is 0.131 e. The highest BCUT2D eigenvalue weighted by molar-refractivity contribution is 5.37. The van der Waals surface area contributed by atoms with E-state index in [1.165, 1.54) is 12.1 Å². The third-order valence-corrected chi connectivity index (χ3v) is 3.26. The summed E-state index contributed by atoms with van der Waals surface area (Å²) in [6.07, 6.45) is 0. The summed E-state index contributed by atoms with van der Waals surface area (Å²) in [5.41, 5.74) is 3.73. The largest absolute Gasteiger partial charge is 0.306 e. The molecule has 0 saturated heterocycles. The topological polar surface area (TPSA) is 12.0 Å². The van der Waals surface area contributed by atoms with Gasteiger partial charge in [-0.2, -0.15) is 0 Å². The number of nitrogens with one attached hydrogen (secondary N) is 1. The molecule has 0 amide bonds. The molecule has 1 unspecified atom stereocenters. The maximum atomic E-state index is 14.0. The molecule has 106 valence electrons. The van der Waals surface area contributed by atoms with E-state index in [2.05, 4.69) is 11.4 Å². The first kappa shape index (κ1) is 14.7. The molecular formula is C17H19F2N. The standard InChI is InChI=1S/C17H19F2N/c1-4-20-17(13-8-11(2)7-12(3)9-13)15-6-5-14(18)10-16(15)19/h5-10,17,20H,4H2,1-3H3. The zero-order valence-corrected chi connectivity index (χ0v) is 12.0. The second-order valence-corrected chi connectivity index (χ2v) is 5.08. The van der Waals surface area contributed by atoms with Crippen molar-refractivity contribution < 1.29 is 8.78 Å². The van der Waals surface area contributed by atoms with Gasteiger partial charge in [0.15, 0.2) is 0 Å².